The van der Waals surface area contributed by atoms with Crippen molar-refractivity contribution in [1.82, 2.24) is 0 Å². The molecule has 11 heavy (non-hydrogen) atoms. The maximum atomic E-state index is 10.3. The molecule has 0 radical (unpaired) electrons. The molecule has 5 heteroatoms. The van der Waals surface area contributed by atoms with Crippen molar-refractivity contribution in [3.8, 4) is 0 Å². The normalized spacial score (nSPS) is 11.9. The Morgan fingerprint density at radius 2 is 2.00 bits per heavy atom. The van der Waals surface area contributed by atoms with Crippen LogP contribution in [0.5, 0.6) is 0 Å². The molecule has 0 aromatic heterocycles. The molecule has 0 amide bonds. The summed E-state index contributed by atoms with van der Waals surface area (Å²) in [4.78, 5) is 19.8. The molecule has 0 unspecified atom stereocenters. The number of halogens is 1. The third-order valence-corrected chi connectivity index (χ3v) is 0.812. The van der Waals surface area contributed by atoms with Crippen molar-refractivity contribution in [3.05, 3.63) is 24.0 Å². The van der Waals surface area contributed by atoms with Crippen molar-refractivity contribution in [2.24, 2.45) is 0 Å². The van der Waals surface area contributed by atoms with Gasteiger partial charge in [0.1, 0.15) is 0 Å². The largest absolute Gasteiger partial charge is 0.868 e. The predicted octanol–water partition coefficient (Wildman–Crippen LogP) is -0.363. The third-order valence-electron chi connectivity index (χ3n) is 0.686. The molecule has 0 fully saturated rings. The van der Waals surface area contributed by atoms with Gasteiger partial charge in [-0.25, -0.2) is 4.79 Å². The average Bonchev–Trinajstić information content (AvgIpc) is 1.86. The summed E-state index contributed by atoms with van der Waals surface area (Å²) in [5, 5.41) is 17.5. The summed E-state index contributed by atoms with van der Waals surface area (Å²) in [5.74, 6) is -2.67. The van der Waals surface area contributed by atoms with E-state index in [-0.39, 0.29) is 0 Å². The van der Waals surface area contributed by atoms with E-state index in [1.165, 1.54) is 0 Å². The topological polar surface area (TPSA) is 77.4 Å². The van der Waals surface area contributed by atoms with Gasteiger partial charge in [0, 0.05) is 0 Å². The molecular weight excluding hydrogens is 172 g/mol. The number of hydrogen-bond donors (Lipinski definition) is 1. The lowest BCUT2D eigenvalue weighted by Crippen LogP contribution is -2.13. The average molecular weight is 176 g/mol. The van der Waals surface area contributed by atoms with E-state index in [2.05, 4.69) is 0 Å². The quantitative estimate of drug-likeness (QED) is 0.275. The lowest BCUT2D eigenvalue weighted by atomic mass is 10.4. The molecule has 4 nitrogen and oxygen atoms in total. The minimum absolute atomic E-state index is 0.739. The van der Waals surface area contributed by atoms with Gasteiger partial charge in [0.25, 0.3) is 0 Å². The molecular formula is C6H4ClO4-. The lowest BCUT2D eigenvalue weighted by molar-refractivity contribution is -0.302. The Balaban J connectivity index is 4.13. The van der Waals surface area contributed by atoms with Crippen LogP contribution in [0.3, 0.4) is 0 Å². The predicted molar refractivity (Wildman–Crippen MR) is 35.7 cm³/mol. The molecule has 0 aliphatic carbocycles. The number of carbonyl (C=O) groups is 2. The Kier molecular flexibility index (Phi) is 3.98. The maximum Gasteiger partial charge on any atom is 0.320 e. The molecule has 0 spiro atoms. The number of allylic oxidation sites excluding steroid dienone is 3. The number of carboxylic acids is 1. The van der Waals surface area contributed by atoms with Crippen molar-refractivity contribution in [2.75, 3.05) is 0 Å². The number of rotatable bonds is 3. The van der Waals surface area contributed by atoms with Crippen LogP contribution in [0.2, 0.25) is 0 Å². The summed E-state index contributed by atoms with van der Waals surface area (Å²) >= 11 is 4.84. The summed E-state index contributed by atoms with van der Waals surface area (Å²) in [6, 6.07) is 0. The number of carbonyl (C=O) groups excluding carboxylic acids is 1. The second kappa shape index (κ2) is 4.51. The van der Waals surface area contributed by atoms with E-state index >= 15 is 0 Å². The first kappa shape index (κ1) is 9.71. The van der Waals surface area contributed by atoms with Crippen LogP contribution < -0.4 is 5.11 Å². The highest BCUT2D eigenvalue weighted by Gasteiger charge is 1.89. The minimum atomic E-state index is -1.57. The number of carboxylic acid groups (broad SMARTS) is 1. The summed E-state index contributed by atoms with van der Waals surface area (Å²) < 4.78 is 0. The van der Waals surface area contributed by atoms with E-state index in [1.807, 2.05) is 0 Å². The fourth-order valence-corrected chi connectivity index (χ4v) is 0.355. The van der Waals surface area contributed by atoms with E-state index in [1.54, 1.807) is 0 Å². The van der Waals surface area contributed by atoms with Crippen LogP contribution in [-0.2, 0) is 9.59 Å². The molecule has 60 valence electrons. The van der Waals surface area contributed by atoms with Crippen molar-refractivity contribution >= 4 is 22.8 Å². The fraction of sp³-hybridized carbons (Fsp3) is 0. The zero-order valence-electron chi connectivity index (χ0n) is 5.28. The first-order valence-corrected chi connectivity index (χ1v) is 2.90. The molecule has 0 aromatic carbocycles. The van der Waals surface area contributed by atoms with Gasteiger partial charge >= 0.3 is 5.97 Å². The third kappa shape index (κ3) is 5.17. The molecule has 0 heterocycles. The van der Waals surface area contributed by atoms with Gasteiger partial charge in [0.15, 0.2) is 0 Å². The van der Waals surface area contributed by atoms with Gasteiger partial charge in [-0.3, -0.25) is 4.79 Å². The van der Waals surface area contributed by atoms with Crippen LogP contribution in [0.4, 0.5) is 0 Å². The van der Waals surface area contributed by atoms with E-state index in [0.29, 0.717) is 0 Å². The Hall–Kier alpha value is -1.29. The van der Waals surface area contributed by atoms with Gasteiger partial charge in [-0.15, -0.1) is 0 Å². The molecule has 0 aliphatic rings. The monoisotopic (exact) mass is 175 g/mol. The molecule has 0 aliphatic heterocycles. The molecule has 0 rings (SSSR count). The molecule has 0 atom stereocenters. The Morgan fingerprint density at radius 1 is 1.45 bits per heavy atom. The van der Waals surface area contributed by atoms with Gasteiger partial charge in [0.05, 0.1) is 0 Å². The maximum absolute atomic E-state index is 10.3. The Labute approximate surface area is 67.4 Å². The second-order valence-corrected chi connectivity index (χ2v) is 1.87. The second-order valence-electron chi connectivity index (χ2n) is 1.50. The molecule has 1 N–H and O–H groups in total. The summed E-state index contributed by atoms with van der Waals surface area (Å²) in [6.07, 6.45) is 2.59. The molecule has 0 bridgehead atoms. The van der Waals surface area contributed by atoms with Gasteiger partial charge in [-0.05, 0) is 23.4 Å². The van der Waals surface area contributed by atoms with Crippen molar-refractivity contribution in [1.29, 1.82) is 0 Å². The van der Waals surface area contributed by atoms with Crippen LogP contribution in [-0.4, -0.2) is 16.3 Å². The van der Waals surface area contributed by atoms with Gasteiger partial charge in [-0.2, -0.15) is 0 Å². The van der Waals surface area contributed by atoms with Crippen LogP contribution in [0, 0.1) is 0 Å². The lowest BCUT2D eigenvalue weighted by Gasteiger charge is -2.00. The van der Waals surface area contributed by atoms with Crippen LogP contribution in [0.25, 0.3) is 0 Å². The van der Waals surface area contributed by atoms with Gasteiger partial charge < -0.3 is 10.2 Å². The summed E-state index contributed by atoms with van der Waals surface area (Å²) in [6.45, 7) is 0. The number of aliphatic carboxylic acids is 1. The van der Waals surface area contributed by atoms with E-state index < -0.39 is 17.0 Å². The van der Waals surface area contributed by atoms with Crippen LogP contribution in [0.1, 0.15) is 0 Å². The summed E-state index contributed by atoms with van der Waals surface area (Å²) in [7, 11) is 0. The fourth-order valence-electron chi connectivity index (χ4n) is 0.282. The van der Waals surface area contributed by atoms with Crippen molar-refractivity contribution in [2.45, 2.75) is 0 Å². The van der Waals surface area contributed by atoms with E-state index in [9.17, 15) is 14.7 Å². The standard InChI is InChI=1S/C6H5ClO4/c7-5(9)3-1-2-4(8)6(10)11/h1-3,8H,(H,10,11)/p-1/b3-1+,4-2-. The SMILES string of the molecule is O=C(Cl)/C=C/C=C(\[O-])C(=O)O. The van der Waals surface area contributed by atoms with Gasteiger partial charge in [0.2, 0.25) is 5.24 Å². The molecule has 0 aromatic rings. The zero-order chi connectivity index (χ0) is 8.85. The Morgan fingerprint density at radius 3 is 2.36 bits per heavy atom. The molecule has 0 saturated carbocycles. The van der Waals surface area contributed by atoms with E-state index in [0.717, 1.165) is 18.2 Å². The first-order valence-electron chi connectivity index (χ1n) is 2.52. The van der Waals surface area contributed by atoms with Crippen molar-refractivity contribution in [3.63, 3.8) is 0 Å². The van der Waals surface area contributed by atoms with Crippen LogP contribution >= 0.6 is 11.6 Å². The highest BCUT2D eigenvalue weighted by atomic mass is 35.5. The van der Waals surface area contributed by atoms with Crippen LogP contribution in [0.15, 0.2) is 24.0 Å². The zero-order valence-corrected chi connectivity index (χ0v) is 6.04. The Bertz CT molecular complexity index is 229. The first-order chi connectivity index (χ1) is 5.04. The van der Waals surface area contributed by atoms with Gasteiger partial charge in [-0.1, -0.05) is 12.2 Å². The number of hydrogen-bond acceptors (Lipinski definition) is 3. The van der Waals surface area contributed by atoms with Crippen molar-refractivity contribution < 1.29 is 19.8 Å². The smallest absolute Gasteiger partial charge is 0.320 e. The minimum Gasteiger partial charge on any atom is -0.868 e. The highest BCUT2D eigenvalue weighted by Crippen LogP contribution is 1.87. The molecule has 0 saturated heterocycles. The van der Waals surface area contributed by atoms with E-state index in [4.69, 9.17) is 16.7 Å². The summed E-state index contributed by atoms with van der Waals surface area (Å²) in [5.41, 5.74) is 0. The highest BCUT2D eigenvalue weighted by molar-refractivity contribution is 6.66.